The van der Waals surface area contributed by atoms with Crippen LogP contribution in [0.15, 0.2) is 73.1 Å². The molecular formula is C24H25N5O. The molecule has 1 amide bonds. The molecule has 2 heterocycles. The zero-order valence-electron chi connectivity index (χ0n) is 17.2. The molecule has 1 N–H and O–H groups in total. The second kappa shape index (κ2) is 8.88. The molecule has 6 heteroatoms. The van der Waals surface area contributed by atoms with Gasteiger partial charge in [0.15, 0.2) is 5.65 Å². The lowest BCUT2D eigenvalue weighted by Crippen LogP contribution is -2.17. The summed E-state index contributed by atoms with van der Waals surface area (Å²) in [7, 11) is 4.02. The Kier molecular flexibility index (Phi) is 5.86. The van der Waals surface area contributed by atoms with E-state index in [1.165, 1.54) is 0 Å². The van der Waals surface area contributed by atoms with E-state index in [2.05, 4.69) is 32.4 Å². The van der Waals surface area contributed by atoms with Crippen molar-refractivity contribution in [2.24, 2.45) is 0 Å². The predicted octanol–water partition coefficient (Wildman–Crippen LogP) is 4.34. The summed E-state index contributed by atoms with van der Waals surface area (Å²) >= 11 is 0. The first-order chi connectivity index (χ1) is 14.6. The van der Waals surface area contributed by atoms with E-state index in [-0.39, 0.29) is 5.91 Å². The van der Waals surface area contributed by atoms with Gasteiger partial charge in [0.05, 0.1) is 11.9 Å². The molecule has 2 aromatic carbocycles. The number of fused-ring (bicyclic) bond motifs is 1. The van der Waals surface area contributed by atoms with Crippen molar-refractivity contribution in [1.29, 1.82) is 0 Å². The van der Waals surface area contributed by atoms with Crippen LogP contribution in [-0.2, 0) is 4.79 Å². The number of carbonyl (C=O) groups excluding carboxylic acids is 1. The smallest absolute Gasteiger partial charge is 0.224 e. The zero-order valence-corrected chi connectivity index (χ0v) is 17.2. The number of rotatable bonds is 7. The molecule has 152 valence electrons. The van der Waals surface area contributed by atoms with Gasteiger partial charge in [-0.05, 0) is 50.8 Å². The molecule has 0 spiro atoms. The van der Waals surface area contributed by atoms with Crippen molar-refractivity contribution in [3.63, 3.8) is 0 Å². The first-order valence-corrected chi connectivity index (χ1v) is 10.0. The van der Waals surface area contributed by atoms with E-state index >= 15 is 0 Å². The normalized spacial score (nSPS) is 11.2. The lowest BCUT2D eigenvalue weighted by molar-refractivity contribution is -0.116. The average Bonchev–Trinajstić information content (AvgIpc) is 3.19. The molecule has 0 bridgehead atoms. The topological polar surface area (TPSA) is 62.5 Å². The maximum Gasteiger partial charge on any atom is 0.224 e. The number of hydrogen-bond donors (Lipinski definition) is 1. The van der Waals surface area contributed by atoms with E-state index in [0.29, 0.717) is 6.42 Å². The predicted molar refractivity (Wildman–Crippen MR) is 120 cm³/mol. The first-order valence-electron chi connectivity index (χ1n) is 10.0. The minimum Gasteiger partial charge on any atom is -0.326 e. The Balaban J connectivity index is 1.53. The molecule has 0 aliphatic heterocycles. The van der Waals surface area contributed by atoms with E-state index in [9.17, 15) is 4.79 Å². The van der Waals surface area contributed by atoms with Crippen molar-refractivity contribution in [3.05, 3.63) is 73.1 Å². The average molecular weight is 399 g/mol. The Morgan fingerprint density at radius 2 is 1.77 bits per heavy atom. The van der Waals surface area contributed by atoms with Crippen LogP contribution in [-0.4, -0.2) is 46.0 Å². The van der Waals surface area contributed by atoms with Crippen LogP contribution in [0, 0.1) is 0 Å². The fraction of sp³-hybridized carbons (Fsp3) is 0.208. The number of amides is 1. The van der Waals surface area contributed by atoms with Crippen LogP contribution in [0.2, 0.25) is 0 Å². The van der Waals surface area contributed by atoms with Gasteiger partial charge in [0.1, 0.15) is 0 Å². The molecule has 30 heavy (non-hydrogen) atoms. The molecule has 6 nitrogen and oxygen atoms in total. The van der Waals surface area contributed by atoms with Gasteiger partial charge in [-0.3, -0.25) is 4.79 Å². The van der Waals surface area contributed by atoms with Crippen molar-refractivity contribution < 1.29 is 4.79 Å². The molecule has 0 unspecified atom stereocenters. The van der Waals surface area contributed by atoms with Crippen molar-refractivity contribution in [2.75, 3.05) is 26.0 Å². The Hall–Kier alpha value is -3.51. The second-order valence-corrected chi connectivity index (χ2v) is 7.52. The third kappa shape index (κ3) is 4.39. The van der Waals surface area contributed by atoms with E-state index in [4.69, 9.17) is 0 Å². The highest BCUT2D eigenvalue weighted by molar-refractivity contribution is 5.91. The van der Waals surface area contributed by atoms with Crippen molar-refractivity contribution >= 4 is 17.2 Å². The highest BCUT2D eigenvalue weighted by Gasteiger charge is 2.12. The summed E-state index contributed by atoms with van der Waals surface area (Å²) < 4.78 is 1.87. The molecule has 2 aromatic heterocycles. The number of benzene rings is 2. The van der Waals surface area contributed by atoms with Crippen LogP contribution in [0.1, 0.15) is 12.8 Å². The van der Waals surface area contributed by atoms with Gasteiger partial charge in [0.25, 0.3) is 0 Å². The van der Waals surface area contributed by atoms with E-state index in [0.717, 1.165) is 46.7 Å². The minimum atomic E-state index is 0.0368. The third-order valence-corrected chi connectivity index (χ3v) is 4.96. The van der Waals surface area contributed by atoms with Crippen LogP contribution in [0.4, 0.5) is 5.69 Å². The summed E-state index contributed by atoms with van der Waals surface area (Å²) in [6, 6.07) is 19.9. The Morgan fingerprint density at radius 3 is 2.50 bits per heavy atom. The maximum atomic E-state index is 12.1. The monoisotopic (exact) mass is 399 g/mol. The van der Waals surface area contributed by atoms with Crippen molar-refractivity contribution in [3.8, 4) is 22.4 Å². The number of nitrogens with one attached hydrogen (secondary N) is 1. The van der Waals surface area contributed by atoms with Gasteiger partial charge in [-0.15, -0.1) is 0 Å². The van der Waals surface area contributed by atoms with Crippen LogP contribution in [0.3, 0.4) is 0 Å². The number of aromatic nitrogens is 3. The lowest BCUT2D eigenvalue weighted by Gasteiger charge is -2.09. The summed E-state index contributed by atoms with van der Waals surface area (Å²) in [4.78, 5) is 18.7. The summed E-state index contributed by atoms with van der Waals surface area (Å²) in [6.45, 7) is 0.902. The standard InChI is InChI=1S/C24H25N5O/c1-28(2)16-6-9-23(30)27-20-12-10-18(11-13-20)21-17-26-29-22(14-15-25-24(21)29)19-7-4-3-5-8-19/h3-5,7-8,10-15,17H,6,9,16H2,1-2H3,(H,27,30). The molecule has 0 fully saturated rings. The maximum absolute atomic E-state index is 12.1. The minimum absolute atomic E-state index is 0.0368. The Labute approximate surface area is 176 Å². The van der Waals surface area contributed by atoms with Gasteiger partial charge in [0.2, 0.25) is 5.91 Å². The van der Waals surface area contributed by atoms with Gasteiger partial charge < -0.3 is 10.2 Å². The van der Waals surface area contributed by atoms with Crippen LogP contribution >= 0.6 is 0 Å². The third-order valence-electron chi connectivity index (χ3n) is 4.96. The van der Waals surface area contributed by atoms with Gasteiger partial charge >= 0.3 is 0 Å². The van der Waals surface area contributed by atoms with Gasteiger partial charge in [-0.2, -0.15) is 5.10 Å². The summed E-state index contributed by atoms with van der Waals surface area (Å²) in [6.07, 6.45) is 5.00. The number of carbonyl (C=O) groups is 1. The molecular weight excluding hydrogens is 374 g/mol. The fourth-order valence-corrected chi connectivity index (χ4v) is 3.44. The fourth-order valence-electron chi connectivity index (χ4n) is 3.44. The van der Waals surface area contributed by atoms with Gasteiger partial charge in [-0.1, -0.05) is 42.5 Å². The van der Waals surface area contributed by atoms with Crippen LogP contribution in [0.25, 0.3) is 28.0 Å². The Morgan fingerprint density at radius 1 is 1.00 bits per heavy atom. The SMILES string of the molecule is CN(C)CCCC(=O)Nc1ccc(-c2cnn3c(-c4ccccc4)ccnc23)cc1. The van der Waals surface area contributed by atoms with Gasteiger partial charge in [-0.25, -0.2) is 9.50 Å². The van der Waals surface area contributed by atoms with E-state index < -0.39 is 0 Å². The molecule has 0 radical (unpaired) electrons. The van der Waals surface area contributed by atoms with E-state index in [1.54, 1.807) is 0 Å². The van der Waals surface area contributed by atoms with Crippen LogP contribution < -0.4 is 5.32 Å². The molecule has 4 aromatic rings. The van der Waals surface area contributed by atoms with Crippen LogP contribution in [0.5, 0.6) is 0 Å². The van der Waals surface area contributed by atoms with Gasteiger partial charge in [0, 0.05) is 29.4 Å². The van der Waals surface area contributed by atoms with Crippen molar-refractivity contribution in [2.45, 2.75) is 12.8 Å². The zero-order chi connectivity index (χ0) is 20.9. The molecule has 0 aliphatic rings. The number of nitrogens with zero attached hydrogens (tertiary/aromatic N) is 4. The molecule has 0 atom stereocenters. The Bertz CT molecular complexity index is 1130. The highest BCUT2D eigenvalue weighted by Crippen LogP contribution is 2.27. The summed E-state index contributed by atoms with van der Waals surface area (Å²) in [5, 5.41) is 7.53. The summed E-state index contributed by atoms with van der Waals surface area (Å²) in [5.41, 5.74) is 5.64. The molecule has 0 saturated carbocycles. The number of anilines is 1. The largest absolute Gasteiger partial charge is 0.326 e. The number of hydrogen-bond acceptors (Lipinski definition) is 4. The van der Waals surface area contributed by atoms with E-state index in [1.807, 2.05) is 79.5 Å². The molecule has 0 saturated heterocycles. The lowest BCUT2D eigenvalue weighted by atomic mass is 10.1. The quantitative estimate of drug-likeness (QED) is 0.502. The first kappa shape index (κ1) is 19.8. The highest BCUT2D eigenvalue weighted by atomic mass is 16.1. The molecule has 4 rings (SSSR count). The van der Waals surface area contributed by atoms with Crippen molar-refractivity contribution in [1.82, 2.24) is 19.5 Å². The molecule has 0 aliphatic carbocycles. The second-order valence-electron chi connectivity index (χ2n) is 7.52. The summed E-state index contributed by atoms with van der Waals surface area (Å²) in [5.74, 6) is 0.0368.